The summed E-state index contributed by atoms with van der Waals surface area (Å²) in [4.78, 5) is 2.52. The highest BCUT2D eigenvalue weighted by atomic mass is 79.9. The van der Waals surface area contributed by atoms with Crippen LogP contribution in [0.15, 0.2) is 28.7 Å². The first-order chi connectivity index (χ1) is 7.79. The van der Waals surface area contributed by atoms with Gasteiger partial charge < -0.3 is 10.2 Å². The minimum atomic E-state index is 0.603. The summed E-state index contributed by atoms with van der Waals surface area (Å²) in [5.74, 6) is 0. The van der Waals surface area contributed by atoms with Gasteiger partial charge in [-0.1, -0.05) is 12.1 Å². The Bertz CT molecular complexity index is 340. The summed E-state index contributed by atoms with van der Waals surface area (Å²) in [6.07, 6.45) is 2.42. The first kappa shape index (κ1) is 11.9. The fourth-order valence-corrected chi connectivity index (χ4v) is 2.74. The molecule has 0 spiro atoms. The summed E-state index contributed by atoms with van der Waals surface area (Å²) in [5, 5.41) is 3.47. The van der Waals surface area contributed by atoms with E-state index >= 15 is 0 Å². The summed E-state index contributed by atoms with van der Waals surface area (Å²) >= 11 is 3.65. The number of halogens is 1. The number of para-hydroxylation sites is 1. The molecule has 0 aromatic heterocycles. The number of benzene rings is 1. The summed E-state index contributed by atoms with van der Waals surface area (Å²) in [5.41, 5.74) is 1.33. The zero-order valence-corrected chi connectivity index (χ0v) is 11.3. The van der Waals surface area contributed by atoms with Crippen molar-refractivity contribution in [3.8, 4) is 0 Å². The van der Waals surface area contributed by atoms with Crippen LogP contribution >= 0.6 is 15.9 Å². The van der Waals surface area contributed by atoms with Gasteiger partial charge in [0.15, 0.2) is 0 Å². The van der Waals surface area contributed by atoms with Crippen LogP contribution in [0.4, 0.5) is 5.69 Å². The molecule has 0 amide bonds. The molecule has 2 rings (SSSR count). The summed E-state index contributed by atoms with van der Waals surface area (Å²) in [6, 6.07) is 9.12. The molecule has 1 N–H and O–H groups in total. The molecule has 1 aromatic carbocycles. The highest BCUT2D eigenvalue weighted by Crippen LogP contribution is 2.28. The second-order valence-corrected chi connectivity index (χ2v) is 5.24. The van der Waals surface area contributed by atoms with Gasteiger partial charge in [-0.3, -0.25) is 0 Å². The van der Waals surface area contributed by atoms with Gasteiger partial charge in [0.05, 0.1) is 5.69 Å². The van der Waals surface area contributed by atoms with Crippen molar-refractivity contribution in [3.63, 3.8) is 0 Å². The third kappa shape index (κ3) is 2.77. The molecule has 0 saturated carbocycles. The van der Waals surface area contributed by atoms with Crippen molar-refractivity contribution in [1.82, 2.24) is 5.32 Å². The Morgan fingerprint density at radius 2 is 2.12 bits per heavy atom. The number of nitrogens with zero attached hydrogens (tertiary/aromatic N) is 1. The molecule has 1 saturated heterocycles. The van der Waals surface area contributed by atoms with Crippen LogP contribution in [0.25, 0.3) is 0 Å². The minimum absolute atomic E-state index is 0.603. The van der Waals surface area contributed by atoms with E-state index in [2.05, 4.69) is 57.3 Å². The number of nitrogens with one attached hydrogen (secondary N) is 1. The van der Waals surface area contributed by atoms with Gasteiger partial charge in [0, 0.05) is 17.1 Å². The first-order valence-corrected chi connectivity index (χ1v) is 6.80. The van der Waals surface area contributed by atoms with E-state index in [0.717, 1.165) is 19.6 Å². The van der Waals surface area contributed by atoms with Crippen LogP contribution in [0, 0.1) is 0 Å². The van der Waals surface area contributed by atoms with Gasteiger partial charge in [-0.15, -0.1) is 0 Å². The van der Waals surface area contributed by atoms with Gasteiger partial charge in [-0.05, 0) is 60.9 Å². The minimum Gasteiger partial charge on any atom is -0.368 e. The van der Waals surface area contributed by atoms with Crippen molar-refractivity contribution >= 4 is 21.6 Å². The maximum Gasteiger partial charge on any atom is 0.0513 e. The lowest BCUT2D eigenvalue weighted by Gasteiger charge is -2.34. The quantitative estimate of drug-likeness (QED) is 0.852. The molecular weight excluding hydrogens is 264 g/mol. The Morgan fingerprint density at radius 3 is 2.94 bits per heavy atom. The molecule has 88 valence electrons. The average Bonchev–Trinajstić information content (AvgIpc) is 2.26. The Balaban J connectivity index is 2.19. The van der Waals surface area contributed by atoms with Crippen molar-refractivity contribution < 1.29 is 0 Å². The highest BCUT2D eigenvalue weighted by molar-refractivity contribution is 9.10. The second-order valence-electron chi connectivity index (χ2n) is 4.39. The standard InChI is InChI=1S/C13H19BrN2/c1-11-7-9-15-8-4-10-16(11)13-6-3-2-5-12(13)14/h2-3,5-6,11,15H,4,7-10H2,1H3. The maximum atomic E-state index is 3.65. The molecule has 3 heteroatoms. The van der Waals surface area contributed by atoms with Crippen LogP contribution in [0.2, 0.25) is 0 Å². The van der Waals surface area contributed by atoms with Crippen LogP contribution in [0.3, 0.4) is 0 Å². The van der Waals surface area contributed by atoms with Crippen LogP contribution < -0.4 is 10.2 Å². The lowest BCUT2D eigenvalue weighted by Crippen LogP contribution is -2.40. The van der Waals surface area contributed by atoms with Gasteiger partial charge in [-0.2, -0.15) is 0 Å². The molecule has 2 nitrogen and oxygen atoms in total. The van der Waals surface area contributed by atoms with E-state index in [9.17, 15) is 0 Å². The molecule has 1 aromatic rings. The summed E-state index contributed by atoms with van der Waals surface area (Å²) in [7, 11) is 0. The number of hydrogen-bond acceptors (Lipinski definition) is 2. The molecule has 0 bridgehead atoms. The van der Waals surface area contributed by atoms with Crippen LogP contribution in [0.5, 0.6) is 0 Å². The van der Waals surface area contributed by atoms with Crippen molar-refractivity contribution in [1.29, 1.82) is 0 Å². The molecule has 1 fully saturated rings. The average molecular weight is 283 g/mol. The van der Waals surface area contributed by atoms with E-state index in [4.69, 9.17) is 0 Å². The van der Waals surface area contributed by atoms with E-state index in [1.165, 1.54) is 23.0 Å². The molecule has 1 aliphatic heterocycles. The molecular formula is C13H19BrN2. The van der Waals surface area contributed by atoms with E-state index in [-0.39, 0.29) is 0 Å². The van der Waals surface area contributed by atoms with Crippen LogP contribution in [-0.4, -0.2) is 25.7 Å². The zero-order valence-electron chi connectivity index (χ0n) is 9.75. The second kappa shape index (κ2) is 5.69. The third-order valence-electron chi connectivity index (χ3n) is 3.19. The van der Waals surface area contributed by atoms with Gasteiger partial charge in [0.1, 0.15) is 0 Å². The van der Waals surface area contributed by atoms with Gasteiger partial charge in [-0.25, -0.2) is 0 Å². The lowest BCUT2D eigenvalue weighted by molar-refractivity contribution is 0.499. The number of rotatable bonds is 1. The monoisotopic (exact) mass is 282 g/mol. The largest absolute Gasteiger partial charge is 0.368 e. The van der Waals surface area contributed by atoms with Crippen molar-refractivity contribution in [2.45, 2.75) is 25.8 Å². The predicted octanol–water partition coefficient (Wildman–Crippen LogP) is 3.03. The molecule has 1 aliphatic rings. The van der Waals surface area contributed by atoms with E-state index < -0.39 is 0 Å². The Hall–Kier alpha value is -0.540. The van der Waals surface area contributed by atoms with Crippen molar-refractivity contribution in [3.05, 3.63) is 28.7 Å². The third-order valence-corrected chi connectivity index (χ3v) is 3.86. The predicted molar refractivity (Wildman–Crippen MR) is 73.1 cm³/mol. The van der Waals surface area contributed by atoms with E-state index in [1.807, 2.05) is 0 Å². The molecule has 1 atom stereocenters. The number of anilines is 1. The SMILES string of the molecule is CC1CCNCCCN1c1ccccc1Br. The highest BCUT2D eigenvalue weighted by Gasteiger charge is 2.17. The smallest absolute Gasteiger partial charge is 0.0513 e. The number of hydrogen-bond donors (Lipinski definition) is 1. The van der Waals surface area contributed by atoms with Gasteiger partial charge in [0.2, 0.25) is 0 Å². The van der Waals surface area contributed by atoms with Crippen molar-refractivity contribution in [2.24, 2.45) is 0 Å². The molecule has 1 unspecified atom stereocenters. The topological polar surface area (TPSA) is 15.3 Å². The lowest BCUT2D eigenvalue weighted by atomic mass is 10.1. The van der Waals surface area contributed by atoms with Crippen LogP contribution in [0.1, 0.15) is 19.8 Å². The molecule has 16 heavy (non-hydrogen) atoms. The fourth-order valence-electron chi connectivity index (χ4n) is 2.23. The molecule has 0 aliphatic carbocycles. The van der Waals surface area contributed by atoms with Gasteiger partial charge >= 0.3 is 0 Å². The molecule has 1 heterocycles. The van der Waals surface area contributed by atoms with Crippen LogP contribution in [-0.2, 0) is 0 Å². The Labute approximate surface area is 106 Å². The first-order valence-electron chi connectivity index (χ1n) is 6.01. The van der Waals surface area contributed by atoms with E-state index in [0.29, 0.717) is 6.04 Å². The summed E-state index contributed by atoms with van der Waals surface area (Å²) in [6.45, 7) is 5.71. The fraction of sp³-hybridized carbons (Fsp3) is 0.538. The maximum absolute atomic E-state index is 3.65. The Morgan fingerprint density at radius 1 is 1.31 bits per heavy atom. The van der Waals surface area contributed by atoms with Gasteiger partial charge in [0.25, 0.3) is 0 Å². The van der Waals surface area contributed by atoms with Crippen molar-refractivity contribution in [2.75, 3.05) is 24.5 Å². The zero-order chi connectivity index (χ0) is 11.4. The molecule has 0 radical (unpaired) electrons. The normalized spacial score (nSPS) is 22.6. The van der Waals surface area contributed by atoms with E-state index in [1.54, 1.807) is 0 Å². The Kier molecular flexibility index (Phi) is 4.24. The summed E-state index contributed by atoms with van der Waals surface area (Å²) < 4.78 is 1.20.